The Kier molecular flexibility index (Phi) is 2.04. The number of imidazole rings is 1. The highest BCUT2D eigenvalue weighted by atomic mass is 16.3. The molecule has 4 nitrogen and oxygen atoms in total. The zero-order chi connectivity index (χ0) is 10.1. The molecule has 0 aromatic carbocycles. The lowest BCUT2D eigenvalue weighted by Crippen LogP contribution is -2.02. The summed E-state index contributed by atoms with van der Waals surface area (Å²) in [6, 6.07) is 3.77. The molecule has 2 rings (SSSR count). The molecule has 0 fully saturated rings. The van der Waals surface area contributed by atoms with Crippen molar-refractivity contribution in [3.05, 3.63) is 24.1 Å². The van der Waals surface area contributed by atoms with Crippen molar-refractivity contribution in [3.63, 3.8) is 0 Å². The Morgan fingerprint density at radius 1 is 1.57 bits per heavy atom. The van der Waals surface area contributed by atoms with Gasteiger partial charge in [-0.3, -0.25) is 0 Å². The number of rotatable bonds is 2. The van der Waals surface area contributed by atoms with E-state index in [9.17, 15) is 0 Å². The first kappa shape index (κ1) is 8.87. The average molecular weight is 191 g/mol. The van der Waals surface area contributed by atoms with Gasteiger partial charge in [-0.05, 0) is 26.0 Å². The van der Waals surface area contributed by atoms with Gasteiger partial charge in [-0.15, -0.1) is 0 Å². The van der Waals surface area contributed by atoms with Gasteiger partial charge < -0.3 is 14.7 Å². The molecule has 0 aliphatic rings. The van der Waals surface area contributed by atoms with Crippen LogP contribution in [0.4, 0.5) is 5.95 Å². The molecule has 0 saturated carbocycles. The van der Waals surface area contributed by atoms with E-state index < -0.39 is 0 Å². The molecule has 0 spiro atoms. The number of hydrogen-bond donors (Lipinski definition) is 1. The minimum Gasteiger partial charge on any atom is -0.463 e. The van der Waals surface area contributed by atoms with Gasteiger partial charge in [-0.25, -0.2) is 4.98 Å². The Hall–Kier alpha value is -1.71. The van der Waals surface area contributed by atoms with E-state index in [1.165, 1.54) is 0 Å². The number of nitrogens with two attached hydrogens (primary N) is 1. The molecular weight excluding hydrogens is 178 g/mol. The summed E-state index contributed by atoms with van der Waals surface area (Å²) in [7, 11) is 0. The van der Waals surface area contributed by atoms with Crippen LogP contribution < -0.4 is 5.73 Å². The summed E-state index contributed by atoms with van der Waals surface area (Å²) in [5, 5.41) is 0. The maximum absolute atomic E-state index is 5.77. The smallest absolute Gasteiger partial charge is 0.200 e. The van der Waals surface area contributed by atoms with Crippen molar-refractivity contribution in [1.82, 2.24) is 9.55 Å². The molecule has 0 amide bonds. The Morgan fingerprint density at radius 2 is 2.36 bits per heavy atom. The fourth-order valence-electron chi connectivity index (χ4n) is 1.64. The van der Waals surface area contributed by atoms with Crippen LogP contribution in [0.3, 0.4) is 0 Å². The van der Waals surface area contributed by atoms with Crippen LogP contribution in [-0.4, -0.2) is 9.55 Å². The van der Waals surface area contributed by atoms with Crippen molar-refractivity contribution >= 4 is 5.95 Å². The molecule has 2 aromatic heterocycles. The van der Waals surface area contributed by atoms with Crippen LogP contribution in [0, 0.1) is 6.92 Å². The molecule has 74 valence electrons. The number of nitrogen functional groups attached to an aromatic ring is 1. The predicted molar refractivity (Wildman–Crippen MR) is 54.8 cm³/mol. The van der Waals surface area contributed by atoms with E-state index in [2.05, 4.69) is 4.98 Å². The number of hydrogen-bond acceptors (Lipinski definition) is 3. The SMILES string of the molecule is CCn1c(N)nc(C)c1-c1ccco1. The van der Waals surface area contributed by atoms with Crippen molar-refractivity contribution in [2.45, 2.75) is 20.4 Å². The Morgan fingerprint density at radius 3 is 2.93 bits per heavy atom. The third kappa shape index (κ3) is 1.19. The normalized spacial score (nSPS) is 10.7. The van der Waals surface area contributed by atoms with Gasteiger partial charge in [0.15, 0.2) is 5.76 Å². The lowest BCUT2D eigenvalue weighted by molar-refractivity contribution is 0.573. The molecule has 2 N–H and O–H groups in total. The maximum Gasteiger partial charge on any atom is 0.200 e. The van der Waals surface area contributed by atoms with Crippen LogP contribution in [0.5, 0.6) is 0 Å². The topological polar surface area (TPSA) is 57.0 Å². The molecule has 14 heavy (non-hydrogen) atoms. The third-order valence-electron chi connectivity index (χ3n) is 2.24. The van der Waals surface area contributed by atoms with E-state index in [0.717, 1.165) is 23.7 Å². The highest BCUT2D eigenvalue weighted by Crippen LogP contribution is 2.25. The second-order valence-electron chi connectivity index (χ2n) is 3.13. The van der Waals surface area contributed by atoms with Gasteiger partial charge in [-0.1, -0.05) is 0 Å². The predicted octanol–water partition coefficient (Wildman–Crippen LogP) is 2.05. The molecule has 0 bridgehead atoms. The van der Waals surface area contributed by atoms with E-state index in [1.54, 1.807) is 6.26 Å². The van der Waals surface area contributed by atoms with Gasteiger partial charge in [0.1, 0.15) is 5.69 Å². The van der Waals surface area contributed by atoms with Crippen LogP contribution in [-0.2, 0) is 6.54 Å². The zero-order valence-electron chi connectivity index (χ0n) is 8.32. The van der Waals surface area contributed by atoms with Crippen LogP contribution in [0.25, 0.3) is 11.5 Å². The maximum atomic E-state index is 5.77. The van der Waals surface area contributed by atoms with Crippen molar-refractivity contribution in [3.8, 4) is 11.5 Å². The van der Waals surface area contributed by atoms with Crippen molar-refractivity contribution < 1.29 is 4.42 Å². The molecule has 0 aliphatic carbocycles. The fraction of sp³-hybridized carbons (Fsp3) is 0.300. The molecule has 0 radical (unpaired) electrons. The first-order valence-corrected chi connectivity index (χ1v) is 4.60. The van der Waals surface area contributed by atoms with E-state index in [4.69, 9.17) is 10.2 Å². The fourth-order valence-corrected chi connectivity index (χ4v) is 1.64. The second kappa shape index (κ2) is 3.21. The molecular formula is C10H13N3O. The van der Waals surface area contributed by atoms with E-state index in [-0.39, 0.29) is 0 Å². The number of anilines is 1. The monoisotopic (exact) mass is 191 g/mol. The van der Waals surface area contributed by atoms with E-state index >= 15 is 0 Å². The molecule has 4 heteroatoms. The van der Waals surface area contributed by atoms with E-state index in [0.29, 0.717) is 5.95 Å². The summed E-state index contributed by atoms with van der Waals surface area (Å²) in [5.41, 5.74) is 7.64. The third-order valence-corrected chi connectivity index (χ3v) is 2.24. The second-order valence-corrected chi connectivity index (χ2v) is 3.13. The number of aryl methyl sites for hydroxylation is 1. The lowest BCUT2D eigenvalue weighted by Gasteiger charge is -2.04. The van der Waals surface area contributed by atoms with Crippen molar-refractivity contribution in [2.24, 2.45) is 0 Å². The molecule has 0 saturated heterocycles. The minimum atomic E-state index is 0.538. The Bertz CT molecular complexity index is 428. The average Bonchev–Trinajstić information content (AvgIpc) is 2.72. The largest absolute Gasteiger partial charge is 0.463 e. The van der Waals surface area contributed by atoms with Crippen molar-refractivity contribution in [1.29, 1.82) is 0 Å². The molecule has 2 aromatic rings. The first-order chi connectivity index (χ1) is 6.74. The quantitative estimate of drug-likeness (QED) is 0.790. The van der Waals surface area contributed by atoms with Crippen molar-refractivity contribution in [2.75, 3.05) is 5.73 Å². The van der Waals surface area contributed by atoms with Gasteiger partial charge in [-0.2, -0.15) is 0 Å². The summed E-state index contributed by atoms with van der Waals surface area (Å²) in [6.07, 6.45) is 1.65. The molecule has 0 aliphatic heterocycles. The molecule has 2 heterocycles. The van der Waals surface area contributed by atoms with Gasteiger partial charge in [0.25, 0.3) is 0 Å². The van der Waals surface area contributed by atoms with Crippen LogP contribution in [0.2, 0.25) is 0 Å². The summed E-state index contributed by atoms with van der Waals surface area (Å²) in [6.45, 7) is 4.76. The van der Waals surface area contributed by atoms with Gasteiger partial charge in [0.05, 0.1) is 12.0 Å². The molecule has 0 atom stereocenters. The van der Waals surface area contributed by atoms with Gasteiger partial charge >= 0.3 is 0 Å². The standard InChI is InChI=1S/C10H13N3O/c1-3-13-9(7(2)12-10(13)11)8-5-4-6-14-8/h4-6H,3H2,1-2H3,(H2,11,12). The highest BCUT2D eigenvalue weighted by molar-refractivity contribution is 5.59. The summed E-state index contributed by atoms with van der Waals surface area (Å²) in [5.74, 6) is 1.35. The Labute approximate surface area is 82.4 Å². The summed E-state index contributed by atoms with van der Waals surface area (Å²) in [4.78, 5) is 4.22. The number of furan rings is 1. The van der Waals surface area contributed by atoms with Gasteiger partial charge in [0, 0.05) is 6.54 Å². The summed E-state index contributed by atoms with van der Waals surface area (Å²) >= 11 is 0. The van der Waals surface area contributed by atoms with Crippen LogP contribution >= 0.6 is 0 Å². The first-order valence-electron chi connectivity index (χ1n) is 4.60. The Balaban J connectivity index is 2.62. The number of nitrogens with zero attached hydrogens (tertiary/aromatic N) is 2. The van der Waals surface area contributed by atoms with E-state index in [1.807, 2.05) is 30.5 Å². The minimum absolute atomic E-state index is 0.538. The highest BCUT2D eigenvalue weighted by Gasteiger charge is 2.14. The lowest BCUT2D eigenvalue weighted by atomic mass is 10.3. The molecule has 0 unspecified atom stereocenters. The van der Waals surface area contributed by atoms with Gasteiger partial charge in [0.2, 0.25) is 5.95 Å². The summed E-state index contributed by atoms with van der Waals surface area (Å²) < 4.78 is 7.28. The van der Waals surface area contributed by atoms with Crippen LogP contribution in [0.15, 0.2) is 22.8 Å². The number of aromatic nitrogens is 2. The van der Waals surface area contributed by atoms with Crippen LogP contribution in [0.1, 0.15) is 12.6 Å². The zero-order valence-corrected chi connectivity index (χ0v) is 8.32.